The van der Waals surface area contributed by atoms with Crippen molar-refractivity contribution >= 4 is 11.8 Å². The maximum Gasteiger partial charge on any atom is 0.323 e. The highest BCUT2D eigenvalue weighted by molar-refractivity contribution is 5.96. The van der Waals surface area contributed by atoms with Crippen LogP contribution < -0.4 is 0 Å². The second-order valence-electron chi connectivity index (χ2n) is 3.99. The van der Waals surface area contributed by atoms with Crippen molar-refractivity contribution in [1.82, 2.24) is 4.90 Å². The number of ketones is 1. The summed E-state index contributed by atoms with van der Waals surface area (Å²) >= 11 is 0. The molecule has 15 heavy (non-hydrogen) atoms. The summed E-state index contributed by atoms with van der Waals surface area (Å²) in [4.78, 5) is 24.0. The van der Waals surface area contributed by atoms with Crippen LogP contribution >= 0.6 is 0 Å². The van der Waals surface area contributed by atoms with Crippen LogP contribution in [0, 0.1) is 0 Å². The third-order valence-corrected chi connectivity index (χ3v) is 2.85. The quantitative estimate of drug-likeness (QED) is 0.676. The van der Waals surface area contributed by atoms with E-state index in [2.05, 4.69) is 6.58 Å². The molecule has 1 N–H and O–H groups in total. The van der Waals surface area contributed by atoms with Crippen LogP contribution in [0.25, 0.3) is 0 Å². The van der Waals surface area contributed by atoms with Crippen LogP contribution in [0.15, 0.2) is 12.2 Å². The molecule has 4 heteroatoms. The molecule has 0 spiro atoms. The number of likely N-dealkylation sites (N-methyl/N-ethyl adjacent to an activating group) is 1. The summed E-state index contributed by atoms with van der Waals surface area (Å²) in [5.41, 5.74) is -0.545. The summed E-state index contributed by atoms with van der Waals surface area (Å²) in [6, 6.07) is 0. The monoisotopic (exact) mass is 213 g/mol. The van der Waals surface area contributed by atoms with Crippen LogP contribution in [-0.4, -0.2) is 40.9 Å². The summed E-state index contributed by atoms with van der Waals surface area (Å²) < 4.78 is 0. The number of hydrogen-bond acceptors (Lipinski definition) is 3. The summed E-state index contributed by atoms with van der Waals surface area (Å²) in [7, 11) is 1.64. The highest BCUT2D eigenvalue weighted by Gasteiger charge is 2.36. The van der Waals surface area contributed by atoms with Crippen molar-refractivity contribution in [2.45, 2.75) is 32.7 Å². The van der Waals surface area contributed by atoms with Gasteiger partial charge in [0.1, 0.15) is 5.54 Å². The Balaban J connectivity index is 4.68. The SMILES string of the molecule is C=C(C)C(=O)CN(C)C(C)(CC)C(=O)O. The minimum atomic E-state index is -0.995. The van der Waals surface area contributed by atoms with E-state index in [0.29, 0.717) is 12.0 Å². The molecule has 0 aromatic heterocycles. The molecule has 0 fully saturated rings. The second kappa shape index (κ2) is 5.07. The van der Waals surface area contributed by atoms with E-state index in [9.17, 15) is 9.59 Å². The first kappa shape index (κ1) is 13.8. The van der Waals surface area contributed by atoms with Crippen LogP contribution in [-0.2, 0) is 9.59 Å². The molecule has 4 nitrogen and oxygen atoms in total. The molecule has 0 aromatic rings. The van der Waals surface area contributed by atoms with Crippen molar-refractivity contribution in [2.24, 2.45) is 0 Å². The molecular formula is C11H19NO3. The van der Waals surface area contributed by atoms with Gasteiger partial charge in [0, 0.05) is 0 Å². The largest absolute Gasteiger partial charge is 0.480 e. The Morgan fingerprint density at radius 3 is 2.20 bits per heavy atom. The maximum atomic E-state index is 11.4. The average molecular weight is 213 g/mol. The molecule has 0 heterocycles. The predicted octanol–water partition coefficient (Wildman–Crippen LogP) is 1.32. The summed E-state index contributed by atoms with van der Waals surface area (Å²) in [5.74, 6) is -1.04. The van der Waals surface area contributed by atoms with Crippen LogP contribution in [0.4, 0.5) is 0 Å². The number of nitrogens with zero attached hydrogens (tertiary/aromatic N) is 1. The summed E-state index contributed by atoms with van der Waals surface area (Å²) in [6.45, 7) is 8.65. The molecule has 0 saturated heterocycles. The Kier molecular flexibility index (Phi) is 4.68. The van der Waals surface area contributed by atoms with Gasteiger partial charge in [-0.05, 0) is 32.9 Å². The molecule has 0 aliphatic heterocycles. The topological polar surface area (TPSA) is 57.6 Å². The first-order valence-electron chi connectivity index (χ1n) is 4.89. The summed E-state index contributed by atoms with van der Waals surface area (Å²) in [6.07, 6.45) is 0.447. The highest BCUT2D eigenvalue weighted by Crippen LogP contribution is 2.18. The van der Waals surface area contributed by atoms with Crippen molar-refractivity contribution in [1.29, 1.82) is 0 Å². The third-order valence-electron chi connectivity index (χ3n) is 2.85. The fourth-order valence-corrected chi connectivity index (χ4v) is 1.11. The van der Waals surface area contributed by atoms with Crippen LogP contribution in [0.1, 0.15) is 27.2 Å². The van der Waals surface area contributed by atoms with E-state index >= 15 is 0 Å². The van der Waals surface area contributed by atoms with Gasteiger partial charge in [-0.3, -0.25) is 14.5 Å². The first-order chi connectivity index (χ1) is 6.75. The molecule has 0 aliphatic carbocycles. The van der Waals surface area contributed by atoms with Gasteiger partial charge in [-0.25, -0.2) is 0 Å². The average Bonchev–Trinajstić information content (AvgIpc) is 2.15. The number of Topliss-reactive ketones (excluding diaryl/α,β-unsaturated/α-hetero) is 1. The zero-order valence-corrected chi connectivity index (χ0v) is 9.83. The first-order valence-corrected chi connectivity index (χ1v) is 4.89. The number of hydrogen-bond donors (Lipinski definition) is 1. The molecular weight excluding hydrogens is 194 g/mol. The molecule has 0 radical (unpaired) electrons. The van der Waals surface area contributed by atoms with Gasteiger partial charge in [-0.15, -0.1) is 0 Å². The Morgan fingerprint density at radius 1 is 1.47 bits per heavy atom. The fourth-order valence-electron chi connectivity index (χ4n) is 1.11. The van der Waals surface area contributed by atoms with Gasteiger partial charge in [0.2, 0.25) is 0 Å². The van der Waals surface area contributed by atoms with Crippen molar-refractivity contribution < 1.29 is 14.7 Å². The molecule has 0 aromatic carbocycles. The number of carboxylic acids is 1. The lowest BCUT2D eigenvalue weighted by Gasteiger charge is -2.33. The number of carbonyl (C=O) groups is 2. The lowest BCUT2D eigenvalue weighted by Crippen LogP contribution is -2.51. The van der Waals surface area contributed by atoms with E-state index in [0.717, 1.165) is 0 Å². The number of carboxylic acid groups (broad SMARTS) is 1. The molecule has 0 bridgehead atoms. The lowest BCUT2D eigenvalue weighted by molar-refractivity contribution is -0.150. The van der Waals surface area contributed by atoms with E-state index in [1.807, 2.05) is 0 Å². The molecule has 0 saturated carbocycles. The van der Waals surface area contributed by atoms with Gasteiger partial charge < -0.3 is 5.11 Å². The molecule has 1 unspecified atom stereocenters. The molecule has 0 amide bonds. The van der Waals surface area contributed by atoms with Crippen molar-refractivity contribution in [3.8, 4) is 0 Å². The van der Waals surface area contributed by atoms with Crippen LogP contribution in [0.5, 0.6) is 0 Å². The smallest absolute Gasteiger partial charge is 0.323 e. The zero-order valence-electron chi connectivity index (χ0n) is 9.83. The summed E-state index contributed by atoms with van der Waals surface area (Å²) in [5, 5.41) is 9.08. The normalized spacial score (nSPS) is 14.7. The van der Waals surface area contributed by atoms with E-state index in [4.69, 9.17) is 5.11 Å². The Morgan fingerprint density at radius 2 is 1.93 bits per heavy atom. The van der Waals surface area contributed by atoms with E-state index in [1.165, 1.54) is 0 Å². The van der Waals surface area contributed by atoms with E-state index in [1.54, 1.807) is 32.7 Å². The number of carbonyl (C=O) groups excluding carboxylic acids is 1. The highest BCUT2D eigenvalue weighted by atomic mass is 16.4. The van der Waals surface area contributed by atoms with Gasteiger partial charge in [0.15, 0.2) is 5.78 Å². The third kappa shape index (κ3) is 3.16. The predicted molar refractivity (Wildman–Crippen MR) is 58.8 cm³/mol. The lowest BCUT2D eigenvalue weighted by atomic mass is 9.96. The number of aliphatic carboxylic acids is 1. The van der Waals surface area contributed by atoms with E-state index in [-0.39, 0.29) is 12.3 Å². The maximum absolute atomic E-state index is 11.4. The Hall–Kier alpha value is -1.16. The van der Waals surface area contributed by atoms with Gasteiger partial charge in [0.05, 0.1) is 6.54 Å². The molecule has 0 aliphatic rings. The molecule has 1 atom stereocenters. The minimum Gasteiger partial charge on any atom is -0.480 e. The van der Waals surface area contributed by atoms with Crippen molar-refractivity contribution in [2.75, 3.05) is 13.6 Å². The molecule has 0 rings (SSSR count). The fraction of sp³-hybridized carbons (Fsp3) is 0.636. The van der Waals surface area contributed by atoms with Crippen LogP contribution in [0.3, 0.4) is 0 Å². The zero-order chi connectivity index (χ0) is 12.2. The van der Waals surface area contributed by atoms with Gasteiger partial charge in [0.25, 0.3) is 0 Å². The minimum absolute atomic E-state index is 0.0893. The van der Waals surface area contributed by atoms with Gasteiger partial charge in [-0.2, -0.15) is 0 Å². The molecule has 86 valence electrons. The van der Waals surface area contributed by atoms with Crippen molar-refractivity contribution in [3.63, 3.8) is 0 Å². The Labute approximate surface area is 90.6 Å². The van der Waals surface area contributed by atoms with E-state index < -0.39 is 11.5 Å². The second-order valence-corrected chi connectivity index (χ2v) is 3.99. The van der Waals surface area contributed by atoms with Gasteiger partial charge in [-0.1, -0.05) is 13.5 Å². The van der Waals surface area contributed by atoms with Crippen molar-refractivity contribution in [3.05, 3.63) is 12.2 Å². The van der Waals surface area contributed by atoms with Gasteiger partial charge >= 0.3 is 5.97 Å². The van der Waals surface area contributed by atoms with Crippen LogP contribution in [0.2, 0.25) is 0 Å². The number of rotatable bonds is 6. The Bertz CT molecular complexity index is 286. The standard InChI is InChI=1S/C11H19NO3/c1-6-11(4,10(14)15)12(5)7-9(13)8(2)3/h2,6-7H2,1,3-5H3,(H,14,15).